The van der Waals surface area contributed by atoms with Crippen molar-refractivity contribution in [3.05, 3.63) is 59.7 Å². The van der Waals surface area contributed by atoms with Crippen LogP contribution in [0.4, 0.5) is 0 Å². The number of nitrogens with zero attached hydrogens (tertiary/aromatic N) is 1. The lowest BCUT2D eigenvalue weighted by Gasteiger charge is -2.06. The number of phenols is 1. The van der Waals surface area contributed by atoms with Gasteiger partial charge in [-0.2, -0.15) is 5.10 Å². The zero-order valence-electron chi connectivity index (χ0n) is 14.4. The molecular formula is C20H24N2O3. The Balaban J connectivity index is 1.78. The summed E-state index contributed by atoms with van der Waals surface area (Å²) in [6, 6.07) is 13.5. The van der Waals surface area contributed by atoms with E-state index in [4.69, 9.17) is 4.74 Å². The maximum atomic E-state index is 12.0. The Hall–Kier alpha value is -2.82. The molecule has 0 aliphatic rings. The minimum atomic E-state index is -0.287. The second kappa shape index (κ2) is 10.1. The third kappa shape index (κ3) is 6.67. The quantitative estimate of drug-likeness (QED) is 0.410. The highest BCUT2D eigenvalue weighted by Gasteiger charge is 2.04. The van der Waals surface area contributed by atoms with E-state index in [1.165, 1.54) is 25.5 Å². The van der Waals surface area contributed by atoms with Crippen LogP contribution >= 0.6 is 0 Å². The van der Waals surface area contributed by atoms with Gasteiger partial charge in [0.05, 0.1) is 12.8 Å². The van der Waals surface area contributed by atoms with Crippen LogP contribution in [0.2, 0.25) is 0 Å². The molecule has 1 amide bonds. The summed E-state index contributed by atoms with van der Waals surface area (Å²) in [5, 5.41) is 13.1. The Kier molecular flexibility index (Phi) is 7.50. The van der Waals surface area contributed by atoms with Gasteiger partial charge in [0.25, 0.3) is 5.91 Å². The van der Waals surface area contributed by atoms with Crippen molar-refractivity contribution in [2.75, 3.05) is 6.61 Å². The largest absolute Gasteiger partial charge is 0.508 e. The summed E-state index contributed by atoms with van der Waals surface area (Å²) >= 11 is 0. The molecule has 0 aliphatic heterocycles. The number of carbonyl (C=O) groups is 1. The molecule has 25 heavy (non-hydrogen) atoms. The molecule has 0 heterocycles. The number of rotatable bonds is 9. The van der Waals surface area contributed by atoms with Gasteiger partial charge in [0.15, 0.2) is 0 Å². The molecule has 132 valence electrons. The highest BCUT2D eigenvalue weighted by Crippen LogP contribution is 2.13. The summed E-state index contributed by atoms with van der Waals surface area (Å²) in [7, 11) is 0. The smallest absolute Gasteiger partial charge is 0.271 e. The normalized spacial score (nSPS) is 10.8. The molecule has 0 atom stereocenters. The maximum Gasteiger partial charge on any atom is 0.271 e. The third-order valence-electron chi connectivity index (χ3n) is 3.66. The highest BCUT2D eigenvalue weighted by atomic mass is 16.5. The SMILES string of the molecule is CCCCCCOc1ccc(C(=O)NN=Cc2ccc(O)cc2)cc1. The summed E-state index contributed by atoms with van der Waals surface area (Å²) in [5.41, 5.74) is 3.77. The molecule has 0 spiro atoms. The molecule has 0 unspecified atom stereocenters. The van der Waals surface area contributed by atoms with Crippen LogP contribution in [0.15, 0.2) is 53.6 Å². The lowest BCUT2D eigenvalue weighted by Crippen LogP contribution is -2.17. The predicted octanol–water partition coefficient (Wildman–Crippen LogP) is 4.12. The molecule has 0 bridgehead atoms. The van der Waals surface area contributed by atoms with Crippen LogP contribution in [0.5, 0.6) is 11.5 Å². The second-order valence-electron chi connectivity index (χ2n) is 5.72. The van der Waals surface area contributed by atoms with Gasteiger partial charge in [-0.1, -0.05) is 26.2 Å². The van der Waals surface area contributed by atoms with Crippen molar-refractivity contribution in [2.45, 2.75) is 32.6 Å². The van der Waals surface area contributed by atoms with Gasteiger partial charge in [-0.05, 0) is 60.5 Å². The van der Waals surface area contributed by atoms with Crippen LogP contribution < -0.4 is 10.2 Å². The molecule has 2 rings (SSSR count). The Morgan fingerprint density at radius 3 is 2.48 bits per heavy atom. The summed E-state index contributed by atoms with van der Waals surface area (Å²) in [4.78, 5) is 12.0. The van der Waals surface area contributed by atoms with Gasteiger partial charge in [-0.25, -0.2) is 5.43 Å². The van der Waals surface area contributed by atoms with Gasteiger partial charge in [0.2, 0.25) is 0 Å². The molecule has 2 aromatic rings. The van der Waals surface area contributed by atoms with E-state index in [2.05, 4.69) is 17.5 Å². The number of benzene rings is 2. The lowest BCUT2D eigenvalue weighted by molar-refractivity contribution is 0.0955. The van der Waals surface area contributed by atoms with E-state index in [0.717, 1.165) is 17.7 Å². The topological polar surface area (TPSA) is 70.9 Å². The van der Waals surface area contributed by atoms with Gasteiger partial charge in [-0.3, -0.25) is 4.79 Å². The van der Waals surface area contributed by atoms with Crippen LogP contribution in [0.25, 0.3) is 0 Å². The molecule has 0 aromatic heterocycles. The third-order valence-corrected chi connectivity index (χ3v) is 3.66. The summed E-state index contributed by atoms with van der Waals surface area (Å²) in [6.45, 7) is 2.88. The van der Waals surface area contributed by atoms with E-state index in [9.17, 15) is 9.90 Å². The van der Waals surface area contributed by atoms with E-state index >= 15 is 0 Å². The maximum absolute atomic E-state index is 12.0. The second-order valence-corrected chi connectivity index (χ2v) is 5.72. The lowest BCUT2D eigenvalue weighted by atomic mass is 10.2. The Labute approximate surface area is 148 Å². The van der Waals surface area contributed by atoms with Crippen LogP contribution in [0, 0.1) is 0 Å². The van der Waals surface area contributed by atoms with Crippen molar-refractivity contribution in [1.82, 2.24) is 5.43 Å². The molecule has 0 saturated carbocycles. The molecule has 5 nitrogen and oxygen atoms in total. The molecule has 0 aliphatic carbocycles. The van der Waals surface area contributed by atoms with Crippen molar-refractivity contribution < 1.29 is 14.6 Å². The number of carbonyl (C=O) groups excluding carboxylic acids is 1. The average Bonchev–Trinajstić information content (AvgIpc) is 2.63. The van der Waals surface area contributed by atoms with E-state index in [1.54, 1.807) is 48.5 Å². The Morgan fingerprint density at radius 1 is 1.08 bits per heavy atom. The van der Waals surface area contributed by atoms with Gasteiger partial charge in [0, 0.05) is 5.56 Å². The molecule has 0 saturated heterocycles. The first-order chi connectivity index (χ1) is 12.2. The fourth-order valence-electron chi connectivity index (χ4n) is 2.21. The first-order valence-corrected chi connectivity index (χ1v) is 8.54. The first-order valence-electron chi connectivity index (χ1n) is 8.54. The van der Waals surface area contributed by atoms with E-state index < -0.39 is 0 Å². The average molecular weight is 340 g/mol. The summed E-state index contributed by atoms with van der Waals surface area (Å²) in [6.07, 6.45) is 6.18. The zero-order chi connectivity index (χ0) is 17.9. The fraction of sp³-hybridized carbons (Fsp3) is 0.300. The van der Waals surface area contributed by atoms with Gasteiger partial charge in [-0.15, -0.1) is 0 Å². The summed E-state index contributed by atoms with van der Waals surface area (Å²) in [5.74, 6) is 0.666. The van der Waals surface area contributed by atoms with Gasteiger partial charge in [0.1, 0.15) is 11.5 Å². The van der Waals surface area contributed by atoms with E-state index in [-0.39, 0.29) is 11.7 Å². The number of hydrogen-bond acceptors (Lipinski definition) is 4. The Bertz CT molecular complexity index is 679. The number of aromatic hydroxyl groups is 1. The van der Waals surface area contributed by atoms with Gasteiger partial charge < -0.3 is 9.84 Å². The standard InChI is InChI=1S/C20H24N2O3/c1-2-3-4-5-14-25-19-12-8-17(9-13-19)20(24)22-21-15-16-6-10-18(23)11-7-16/h6-13,15,23H,2-5,14H2,1H3,(H,22,24). The number of phenolic OH excluding ortho intramolecular Hbond substituents is 1. The van der Waals surface area contributed by atoms with Crippen LogP contribution in [-0.4, -0.2) is 23.8 Å². The van der Waals surface area contributed by atoms with Crippen molar-refractivity contribution in [3.63, 3.8) is 0 Å². The molecule has 5 heteroatoms. The number of unbranched alkanes of at least 4 members (excludes halogenated alkanes) is 3. The van der Waals surface area contributed by atoms with E-state index in [0.29, 0.717) is 12.2 Å². The predicted molar refractivity (Wildman–Crippen MR) is 99.2 cm³/mol. The molecule has 0 radical (unpaired) electrons. The van der Waals surface area contributed by atoms with E-state index in [1.807, 2.05) is 0 Å². The molecule has 0 fully saturated rings. The fourth-order valence-corrected chi connectivity index (χ4v) is 2.21. The number of hydrogen-bond donors (Lipinski definition) is 2. The number of nitrogens with one attached hydrogen (secondary N) is 1. The van der Waals surface area contributed by atoms with Gasteiger partial charge >= 0.3 is 0 Å². The number of amides is 1. The minimum absolute atomic E-state index is 0.189. The molecule has 2 aromatic carbocycles. The number of ether oxygens (including phenoxy) is 1. The van der Waals surface area contributed by atoms with Crippen LogP contribution in [0.3, 0.4) is 0 Å². The van der Waals surface area contributed by atoms with Crippen LogP contribution in [-0.2, 0) is 0 Å². The molecular weight excluding hydrogens is 316 g/mol. The van der Waals surface area contributed by atoms with Crippen molar-refractivity contribution in [2.24, 2.45) is 5.10 Å². The van der Waals surface area contributed by atoms with Crippen LogP contribution in [0.1, 0.15) is 48.5 Å². The zero-order valence-corrected chi connectivity index (χ0v) is 14.4. The molecule has 2 N–H and O–H groups in total. The Morgan fingerprint density at radius 2 is 1.80 bits per heavy atom. The minimum Gasteiger partial charge on any atom is -0.508 e. The van der Waals surface area contributed by atoms with Crippen molar-refractivity contribution in [3.8, 4) is 11.5 Å². The number of hydrazone groups is 1. The monoisotopic (exact) mass is 340 g/mol. The van der Waals surface area contributed by atoms with Crippen molar-refractivity contribution in [1.29, 1.82) is 0 Å². The first kappa shape index (κ1) is 18.5. The summed E-state index contributed by atoms with van der Waals surface area (Å²) < 4.78 is 5.65. The highest BCUT2D eigenvalue weighted by molar-refractivity contribution is 5.95. The van der Waals surface area contributed by atoms with Crippen molar-refractivity contribution >= 4 is 12.1 Å².